The molecular formula is C17H19ClN4O4S. The maximum absolute atomic E-state index is 12.0. The van der Waals surface area contributed by atoms with Crippen molar-refractivity contribution in [2.24, 2.45) is 12.1 Å². The van der Waals surface area contributed by atoms with Gasteiger partial charge in [0, 0.05) is 12.8 Å². The van der Waals surface area contributed by atoms with Crippen LogP contribution in [0.1, 0.15) is 16.1 Å². The standard InChI is InChI=1S/C17H19ClN4O4S/c1-22-16(14(18)10-20-22)17(24)21-19-9-12-3-5-13(6-4-12)26-11-15(23)25-7-8-27-2/h3-6,9-10H,7-8,11H2,1-2H3,(H,21,24). The Balaban J connectivity index is 1.80. The number of hydrogen-bond donors (Lipinski definition) is 1. The smallest absolute Gasteiger partial charge is 0.344 e. The molecule has 27 heavy (non-hydrogen) atoms. The number of rotatable bonds is 9. The van der Waals surface area contributed by atoms with Crippen molar-refractivity contribution in [2.75, 3.05) is 25.2 Å². The summed E-state index contributed by atoms with van der Waals surface area (Å²) in [5, 5.41) is 8.02. The number of amides is 1. The van der Waals surface area contributed by atoms with Crippen LogP contribution in [0.3, 0.4) is 0 Å². The van der Waals surface area contributed by atoms with E-state index in [2.05, 4.69) is 15.6 Å². The van der Waals surface area contributed by atoms with E-state index in [0.29, 0.717) is 12.4 Å². The number of aryl methyl sites for hydroxylation is 1. The van der Waals surface area contributed by atoms with Gasteiger partial charge in [0.05, 0.1) is 17.4 Å². The Morgan fingerprint density at radius 3 is 2.74 bits per heavy atom. The van der Waals surface area contributed by atoms with Crippen LogP contribution in [0.25, 0.3) is 0 Å². The van der Waals surface area contributed by atoms with E-state index in [-0.39, 0.29) is 17.3 Å². The number of carbonyl (C=O) groups is 2. The first kappa shape index (κ1) is 20.8. The van der Waals surface area contributed by atoms with Gasteiger partial charge in [-0.15, -0.1) is 0 Å². The number of ether oxygens (including phenoxy) is 2. The van der Waals surface area contributed by atoms with Crippen LogP contribution in [0.4, 0.5) is 0 Å². The van der Waals surface area contributed by atoms with Crippen LogP contribution in [0.2, 0.25) is 5.02 Å². The SMILES string of the molecule is CSCCOC(=O)COc1ccc(C=NNC(=O)c2c(Cl)cnn2C)cc1. The number of thioether (sulfide) groups is 1. The molecule has 0 aliphatic carbocycles. The van der Waals surface area contributed by atoms with Gasteiger partial charge in [0.15, 0.2) is 6.61 Å². The summed E-state index contributed by atoms with van der Waals surface area (Å²) in [5.74, 6) is 0.408. The molecule has 144 valence electrons. The lowest BCUT2D eigenvalue weighted by molar-refractivity contribution is -0.145. The molecule has 0 fully saturated rings. The van der Waals surface area contributed by atoms with Crippen molar-refractivity contribution in [1.82, 2.24) is 15.2 Å². The summed E-state index contributed by atoms with van der Waals surface area (Å²) in [4.78, 5) is 23.5. The number of benzene rings is 1. The van der Waals surface area contributed by atoms with Gasteiger partial charge in [-0.3, -0.25) is 9.48 Å². The molecule has 0 spiro atoms. The minimum Gasteiger partial charge on any atom is -0.482 e. The van der Waals surface area contributed by atoms with Gasteiger partial charge >= 0.3 is 5.97 Å². The average Bonchev–Trinajstić information content (AvgIpc) is 2.99. The highest BCUT2D eigenvalue weighted by Gasteiger charge is 2.14. The molecule has 1 amide bonds. The van der Waals surface area contributed by atoms with Gasteiger partial charge in [0.2, 0.25) is 0 Å². The fourth-order valence-corrected chi connectivity index (χ4v) is 2.46. The molecular weight excluding hydrogens is 392 g/mol. The number of aromatic nitrogens is 2. The zero-order valence-electron chi connectivity index (χ0n) is 14.8. The quantitative estimate of drug-likeness (QED) is 0.294. The summed E-state index contributed by atoms with van der Waals surface area (Å²) < 4.78 is 11.7. The zero-order chi connectivity index (χ0) is 19.6. The molecule has 0 saturated carbocycles. The van der Waals surface area contributed by atoms with E-state index in [0.717, 1.165) is 11.3 Å². The number of nitrogens with zero attached hydrogens (tertiary/aromatic N) is 3. The fraction of sp³-hybridized carbons (Fsp3) is 0.294. The monoisotopic (exact) mass is 410 g/mol. The van der Waals surface area contributed by atoms with Crippen molar-refractivity contribution in [1.29, 1.82) is 0 Å². The molecule has 0 aliphatic heterocycles. The maximum atomic E-state index is 12.0. The van der Waals surface area contributed by atoms with E-state index in [1.54, 1.807) is 43.1 Å². The summed E-state index contributed by atoms with van der Waals surface area (Å²) in [5.41, 5.74) is 3.35. The summed E-state index contributed by atoms with van der Waals surface area (Å²) in [6.07, 6.45) is 4.80. The van der Waals surface area contributed by atoms with Gasteiger partial charge in [-0.25, -0.2) is 10.2 Å². The van der Waals surface area contributed by atoms with Crippen molar-refractivity contribution >= 4 is 41.5 Å². The molecule has 10 heteroatoms. The molecule has 1 aromatic heterocycles. The van der Waals surface area contributed by atoms with Gasteiger partial charge in [-0.1, -0.05) is 11.6 Å². The highest BCUT2D eigenvalue weighted by atomic mass is 35.5. The van der Waals surface area contributed by atoms with Crippen LogP contribution in [-0.4, -0.2) is 53.1 Å². The first-order valence-electron chi connectivity index (χ1n) is 7.89. The minimum absolute atomic E-state index is 0.149. The number of esters is 1. The van der Waals surface area contributed by atoms with Crippen LogP contribution >= 0.6 is 23.4 Å². The van der Waals surface area contributed by atoms with Crippen LogP contribution in [0.5, 0.6) is 5.75 Å². The van der Waals surface area contributed by atoms with Gasteiger partial charge in [0.25, 0.3) is 5.91 Å². The molecule has 1 aromatic carbocycles. The predicted octanol–water partition coefficient (Wildman–Crippen LogP) is 2.12. The van der Waals surface area contributed by atoms with Crippen LogP contribution < -0.4 is 10.2 Å². The number of hydrogen-bond acceptors (Lipinski definition) is 7. The van der Waals surface area contributed by atoms with E-state index in [1.807, 2.05) is 6.26 Å². The molecule has 0 radical (unpaired) electrons. The lowest BCUT2D eigenvalue weighted by Gasteiger charge is -2.06. The molecule has 0 atom stereocenters. The molecule has 2 rings (SSSR count). The highest BCUT2D eigenvalue weighted by Crippen LogP contribution is 2.14. The highest BCUT2D eigenvalue weighted by molar-refractivity contribution is 7.98. The zero-order valence-corrected chi connectivity index (χ0v) is 16.4. The number of hydrazone groups is 1. The Hall–Kier alpha value is -2.52. The third-order valence-electron chi connectivity index (χ3n) is 3.28. The Morgan fingerprint density at radius 2 is 2.11 bits per heavy atom. The fourth-order valence-electron chi connectivity index (χ4n) is 1.96. The number of nitrogens with one attached hydrogen (secondary N) is 1. The van der Waals surface area contributed by atoms with E-state index in [9.17, 15) is 9.59 Å². The number of carbonyl (C=O) groups excluding carboxylic acids is 2. The van der Waals surface area contributed by atoms with Crippen molar-refractivity contribution in [3.8, 4) is 5.75 Å². The summed E-state index contributed by atoms with van der Waals surface area (Å²) in [6, 6.07) is 6.86. The predicted molar refractivity (Wildman–Crippen MR) is 105 cm³/mol. The van der Waals surface area contributed by atoms with Crippen LogP contribution in [0, 0.1) is 0 Å². The van der Waals surface area contributed by atoms with E-state index >= 15 is 0 Å². The van der Waals surface area contributed by atoms with E-state index in [4.69, 9.17) is 21.1 Å². The van der Waals surface area contributed by atoms with Crippen molar-refractivity contribution in [3.05, 3.63) is 46.7 Å². The lowest BCUT2D eigenvalue weighted by atomic mass is 10.2. The molecule has 8 nitrogen and oxygen atoms in total. The average molecular weight is 411 g/mol. The normalized spacial score (nSPS) is 10.8. The maximum Gasteiger partial charge on any atom is 0.344 e. The van der Waals surface area contributed by atoms with E-state index in [1.165, 1.54) is 17.1 Å². The second-order valence-electron chi connectivity index (χ2n) is 5.23. The third kappa shape index (κ3) is 6.61. The first-order chi connectivity index (χ1) is 13.0. The van der Waals surface area contributed by atoms with Gasteiger partial charge in [0.1, 0.15) is 18.1 Å². The van der Waals surface area contributed by atoms with Crippen molar-refractivity contribution in [2.45, 2.75) is 0 Å². The van der Waals surface area contributed by atoms with Crippen molar-refractivity contribution in [3.63, 3.8) is 0 Å². The summed E-state index contributed by atoms with van der Waals surface area (Å²) in [7, 11) is 1.61. The lowest BCUT2D eigenvalue weighted by Crippen LogP contribution is -2.21. The Morgan fingerprint density at radius 1 is 1.37 bits per heavy atom. The second kappa shape index (κ2) is 10.6. The molecule has 2 aromatic rings. The van der Waals surface area contributed by atoms with Crippen LogP contribution in [-0.2, 0) is 16.6 Å². The molecule has 0 bridgehead atoms. The number of halogens is 1. The Labute approximate surface area is 165 Å². The minimum atomic E-state index is -0.462. The molecule has 0 saturated heterocycles. The van der Waals surface area contributed by atoms with Crippen LogP contribution in [0.15, 0.2) is 35.6 Å². The Kier molecular flexibility index (Phi) is 8.15. The third-order valence-corrected chi connectivity index (χ3v) is 4.13. The first-order valence-corrected chi connectivity index (χ1v) is 9.66. The molecule has 1 heterocycles. The van der Waals surface area contributed by atoms with Crippen molar-refractivity contribution < 1.29 is 19.1 Å². The summed E-state index contributed by atoms with van der Waals surface area (Å²) in [6.45, 7) is 0.220. The molecule has 0 unspecified atom stereocenters. The molecule has 0 aliphatic rings. The van der Waals surface area contributed by atoms with Gasteiger partial charge < -0.3 is 9.47 Å². The largest absolute Gasteiger partial charge is 0.482 e. The second-order valence-corrected chi connectivity index (χ2v) is 6.63. The van der Waals surface area contributed by atoms with Gasteiger partial charge in [-0.2, -0.15) is 22.0 Å². The van der Waals surface area contributed by atoms with E-state index < -0.39 is 11.9 Å². The van der Waals surface area contributed by atoms with Gasteiger partial charge in [-0.05, 0) is 36.1 Å². The Bertz CT molecular complexity index is 788. The summed E-state index contributed by atoms with van der Waals surface area (Å²) >= 11 is 7.50. The topological polar surface area (TPSA) is 94.8 Å². The molecule has 1 N–H and O–H groups in total.